The summed E-state index contributed by atoms with van der Waals surface area (Å²) in [5, 5.41) is 13.4. The minimum atomic E-state index is -0.620. The number of benzene rings is 1. The van der Waals surface area contributed by atoms with E-state index >= 15 is 0 Å². The van der Waals surface area contributed by atoms with Crippen molar-refractivity contribution < 1.29 is 9.31 Å². The lowest BCUT2D eigenvalue weighted by Gasteiger charge is -2.05. The molecule has 1 N–H and O–H groups in total. The van der Waals surface area contributed by atoms with Crippen LogP contribution < -0.4 is 5.32 Å². The molecular formula is C12H13FN2O2. The lowest BCUT2D eigenvalue weighted by molar-refractivity contribution is -0.385. The SMILES string of the molecule is C#CCCCCNc1cc(F)cc([N+](=O)[O-])c1. The summed E-state index contributed by atoms with van der Waals surface area (Å²) in [7, 11) is 0. The molecule has 0 fully saturated rings. The van der Waals surface area contributed by atoms with Gasteiger partial charge in [0.1, 0.15) is 5.82 Å². The van der Waals surface area contributed by atoms with E-state index in [1.54, 1.807) is 0 Å². The van der Waals surface area contributed by atoms with Crippen molar-refractivity contribution >= 4 is 11.4 Å². The summed E-state index contributed by atoms with van der Waals surface area (Å²) in [6.45, 7) is 0.613. The van der Waals surface area contributed by atoms with Crippen molar-refractivity contribution in [1.29, 1.82) is 0 Å². The van der Waals surface area contributed by atoms with Gasteiger partial charge in [-0.15, -0.1) is 12.3 Å². The summed E-state index contributed by atoms with van der Waals surface area (Å²) in [6, 6.07) is 3.43. The molecule has 0 bridgehead atoms. The predicted molar refractivity (Wildman–Crippen MR) is 64.2 cm³/mol. The molecule has 0 aliphatic heterocycles. The second-order valence-electron chi connectivity index (χ2n) is 3.54. The Labute approximate surface area is 99.0 Å². The van der Waals surface area contributed by atoms with Gasteiger partial charge in [0.15, 0.2) is 0 Å². The monoisotopic (exact) mass is 236 g/mol. The summed E-state index contributed by atoms with van der Waals surface area (Å²) in [4.78, 5) is 9.89. The first-order chi connectivity index (χ1) is 8.13. The molecule has 90 valence electrons. The molecule has 0 aliphatic carbocycles. The quantitative estimate of drug-likeness (QED) is 0.357. The van der Waals surface area contributed by atoms with E-state index in [0.29, 0.717) is 18.7 Å². The average Bonchev–Trinajstić information content (AvgIpc) is 2.28. The number of nitrogens with zero attached hydrogens (tertiary/aromatic N) is 1. The highest BCUT2D eigenvalue weighted by atomic mass is 19.1. The molecule has 1 aromatic carbocycles. The van der Waals surface area contributed by atoms with Gasteiger partial charge in [-0.05, 0) is 18.9 Å². The number of terminal acetylenes is 1. The van der Waals surface area contributed by atoms with Crippen LogP contribution in [-0.2, 0) is 0 Å². The molecule has 0 heterocycles. The number of halogens is 1. The van der Waals surface area contributed by atoms with Crippen molar-refractivity contribution in [3.8, 4) is 12.3 Å². The summed E-state index contributed by atoms with van der Waals surface area (Å²) < 4.78 is 13.0. The van der Waals surface area contributed by atoms with Gasteiger partial charge in [0.05, 0.1) is 11.0 Å². The summed E-state index contributed by atoms with van der Waals surface area (Å²) >= 11 is 0. The van der Waals surface area contributed by atoms with Crippen LogP contribution in [-0.4, -0.2) is 11.5 Å². The third-order valence-electron chi connectivity index (χ3n) is 2.17. The van der Waals surface area contributed by atoms with Gasteiger partial charge in [-0.3, -0.25) is 10.1 Å². The molecule has 17 heavy (non-hydrogen) atoms. The summed E-state index contributed by atoms with van der Waals surface area (Å²) in [5.74, 6) is 1.90. The number of non-ortho nitro benzene ring substituents is 1. The van der Waals surface area contributed by atoms with Gasteiger partial charge in [0.25, 0.3) is 5.69 Å². The number of nitro benzene ring substituents is 1. The number of nitrogens with one attached hydrogen (secondary N) is 1. The smallest absolute Gasteiger partial charge is 0.274 e. The fraction of sp³-hybridized carbons (Fsp3) is 0.333. The Kier molecular flexibility index (Phi) is 4.95. The highest BCUT2D eigenvalue weighted by Gasteiger charge is 2.09. The molecule has 1 aromatic rings. The van der Waals surface area contributed by atoms with E-state index in [4.69, 9.17) is 6.42 Å². The van der Waals surface area contributed by atoms with E-state index in [-0.39, 0.29) is 5.69 Å². The molecule has 0 radical (unpaired) electrons. The van der Waals surface area contributed by atoms with Crippen LogP contribution in [0.25, 0.3) is 0 Å². The van der Waals surface area contributed by atoms with Crippen LogP contribution in [0.4, 0.5) is 15.8 Å². The van der Waals surface area contributed by atoms with Gasteiger partial charge in [-0.1, -0.05) is 0 Å². The molecule has 0 aliphatic rings. The molecule has 5 heteroatoms. The Hall–Kier alpha value is -2.09. The Morgan fingerprint density at radius 2 is 2.18 bits per heavy atom. The van der Waals surface area contributed by atoms with Gasteiger partial charge in [-0.25, -0.2) is 4.39 Å². The maximum atomic E-state index is 13.0. The van der Waals surface area contributed by atoms with E-state index < -0.39 is 10.7 Å². The van der Waals surface area contributed by atoms with Crippen LogP contribution in [0.1, 0.15) is 19.3 Å². The topological polar surface area (TPSA) is 55.2 Å². The maximum absolute atomic E-state index is 13.0. The minimum Gasteiger partial charge on any atom is -0.385 e. The van der Waals surface area contributed by atoms with Crippen LogP contribution >= 0.6 is 0 Å². The summed E-state index contributed by atoms with van der Waals surface area (Å²) in [6.07, 6.45) is 7.52. The molecule has 1 rings (SSSR count). The molecule has 0 saturated carbocycles. The van der Waals surface area contributed by atoms with Gasteiger partial charge >= 0.3 is 0 Å². The first-order valence-corrected chi connectivity index (χ1v) is 5.26. The molecule has 0 spiro atoms. The van der Waals surface area contributed by atoms with Gasteiger partial charge in [0.2, 0.25) is 0 Å². The number of nitro groups is 1. The van der Waals surface area contributed by atoms with E-state index in [9.17, 15) is 14.5 Å². The van der Waals surface area contributed by atoms with Gasteiger partial charge in [0, 0.05) is 24.7 Å². The third-order valence-corrected chi connectivity index (χ3v) is 2.17. The third kappa shape index (κ3) is 4.51. The maximum Gasteiger partial charge on any atom is 0.274 e. The van der Waals surface area contributed by atoms with Crippen molar-refractivity contribution in [3.63, 3.8) is 0 Å². The fourth-order valence-corrected chi connectivity index (χ4v) is 1.37. The van der Waals surface area contributed by atoms with Gasteiger partial charge in [-0.2, -0.15) is 0 Å². The Morgan fingerprint density at radius 3 is 2.82 bits per heavy atom. The molecular weight excluding hydrogens is 223 g/mol. The Morgan fingerprint density at radius 1 is 1.41 bits per heavy atom. The zero-order chi connectivity index (χ0) is 12.7. The van der Waals surface area contributed by atoms with Crippen LogP contribution in [0.15, 0.2) is 18.2 Å². The number of hydrogen-bond acceptors (Lipinski definition) is 3. The van der Waals surface area contributed by atoms with Crippen molar-refractivity contribution in [2.45, 2.75) is 19.3 Å². The van der Waals surface area contributed by atoms with Crippen molar-refractivity contribution in [2.24, 2.45) is 0 Å². The normalized spacial score (nSPS) is 9.65. The van der Waals surface area contributed by atoms with E-state index in [1.165, 1.54) is 12.1 Å². The number of anilines is 1. The zero-order valence-corrected chi connectivity index (χ0v) is 9.28. The van der Waals surface area contributed by atoms with Crippen LogP contribution in [0.2, 0.25) is 0 Å². The van der Waals surface area contributed by atoms with E-state index in [2.05, 4.69) is 11.2 Å². The fourth-order valence-electron chi connectivity index (χ4n) is 1.37. The zero-order valence-electron chi connectivity index (χ0n) is 9.28. The molecule has 0 unspecified atom stereocenters. The largest absolute Gasteiger partial charge is 0.385 e. The van der Waals surface area contributed by atoms with E-state index in [0.717, 1.165) is 18.9 Å². The van der Waals surface area contributed by atoms with Crippen molar-refractivity contribution in [2.75, 3.05) is 11.9 Å². The second-order valence-corrected chi connectivity index (χ2v) is 3.54. The predicted octanol–water partition coefficient (Wildman–Crippen LogP) is 2.95. The number of unbranched alkanes of at least 4 members (excludes halogenated alkanes) is 2. The Bertz CT molecular complexity index is 441. The van der Waals surface area contributed by atoms with Crippen molar-refractivity contribution in [1.82, 2.24) is 0 Å². The molecule has 0 aromatic heterocycles. The Balaban J connectivity index is 2.53. The highest BCUT2D eigenvalue weighted by molar-refractivity contribution is 5.51. The standard InChI is InChI=1S/C12H13FN2O2/c1-2-3-4-5-6-14-11-7-10(13)8-12(9-11)15(16)17/h1,7-9,14H,3-6H2. The average molecular weight is 236 g/mol. The molecule has 0 atom stereocenters. The highest BCUT2D eigenvalue weighted by Crippen LogP contribution is 2.19. The summed E-state index contributed by atoms with van der Waals surface area (Å²) in [5.41, 5.74) is 0.161. The first-order valence-electron chi connectivity index (χ1n) is 5.26. The lowest BCUT2D eigenvalue weighted by Crippen LogP contribution is -2.02. The number of rotatable bonds is 6. The molecule has 4 nitrogen and oxygen atoms in total. The molecule has 0 saturated heterocycles. The minimum absolute atomic E-state index is 0.254. The first kappa shape index (κ1) is 13.0. The van der Waals surface area contributed by atoms with Gasteiger partial charge < -0.3 is 5.32 Å². The van der Waals surface area contributed by atoms with E-state index in [1.807, 2.05) is 0 Å². The second kappa shape index (κ2) is 6.48. The lowest BCUT2D eigenvalue weighted by atomic mass is 10.2. The van der Waals surface area contributed by atoms with Crippen LogP contribution in [0.5, 0.6) is 0 Å². The van der Waals surface area contributed by atoms with Crippen molar-refractivity contribution in [3.05, 3.63) is 34.1 Å². The van der Waals surface area contributed by atoms with Crippen LogP contribution in [0, 0.1) is 28.3 Å². The van der Waals surface area contributed by atoms with Crippen LogP contribution in [0.3, 0.4) is 0 Å². The molecule has 0 amide bonds. The number of hydrogen-bond donors (Lipinski definition) is 1.